The number of nitrogens with one attached hydrogen (secondary N) is 1. The van der Waals surface area contributed by atoms with Crippen molar-refractivity contribution in [3.63, 3.8) is 0 Å². The number of hydrogen-bond acceptors (Lipinski definition) is 3. The van der Waals surface area contributed by atoms with Crippen molar-refractivity contribution in [2.45, 2.75) is 25.3 Å². The zero-order chi connectivity index (χ0) is 15.4. The molecule has 0 aromatic heterocycles. The van der Waals surface area contributed by atoms with Crippen LogP contribution in [0.2, 0.25) is 5.02 Å². The lowest BCUT2D eigenvalue weighted by molar-refractivity contribution is -0.117. The Morgan fingerprint density at radius 1 is 1.52 bits per heavy atom. The molecule has 6 heteroatoms. The first kappa shape index (κ1) is 16.2. The smallest absolute Gasteiger partial charge is 0.238 e. The van der Waals surface area contributed by atoms with Gasteiger partial charge in [0.15, 0.2) is 0 Å². The summed E-state index contributed by atoms with van der Waals surface area (Å²) >= 11 is 5.69. The van der Waals surface area contributed by atoms with Gasteiger partial charge in [-0.2, -0.15) is 0 Å². The van der Waals surface area contributed by atoms with Crippen LogP contribution < -0.4 is 11.1 Å². The first-order valence-corrected chi connectivity index (χ1v) is 7.54. The molecule has 0 bridgehead atoms. The van der Waals surface area contributed by atoms with Crippen molar-refractivity contribution in [2.24, 2.45) is 11.7 Å². The van der Waals surface area contributed by atoms with Crippen LogP contribution in [0, 0.1) is 11.7 Å². The van der Waals surface area contributed by atoms with Crippen LogP contribution >= 0.6 is 11.6 Å². The third kappa shape index (κ3) is 4.15. The second kappa shape index (κ2) is 7.20. The van der Waals surface area contributed by atoms with Gasteiger partial charge in [0.05, 0.1) is 11.6 Å². The topological polar surface area (TPSA) is 58.4 Å². The number of rotatable bonds is 5. The molecule has 0 aliphatic heterocycles. The van der Waals surface area contributed by atoms with E-state index in [-0.39, 0.29) is 17.5 Å². The molecule has 0 heterocycles. The molecule has 116 valence electrons. The van der Waals surface area contributed by atoms with E-state index in [1.165, 1.54) is 18.2 Å². The molecule has 2 rings (SSSR count). The summed E-state index contributed by atoms with van der Waals surface area (Å²) in [5, 5.41) is 2.73. The Morgan fingerprint density at radius 3 is 2.95 bits per heavy atom. The average molecular weight is 314 g/mol. The fraction of sp³-hybridized carbons (Fsp3) is 0.533. The Hall–Kier alpha value is -1.17. The molecule has 2 unspecified atom stereocenters. The zero-order valence-electron chi connectivity index (χ0n) is 12.1. The van der Waals surface area contributed by atoms with E-state index in [9.17, 15) is 9.18 Å². The van der Waals surface area contributed by atoms with Crippen LogP contribution in [0.3, 0.4) is 0 Å². The van der Waals surface area contributed by atoms with Gasteiger partial charge in [0, 0.05) is 11.7 Å². The van der Waals surface area contributed by atoms with Crippen molar-refractivity contribution in [2.75, 3.05) is 25.5 Å². The predicted molar refractivity (Wildman–Crippen MR) is 82.9 cm³/mol. The number of nitrogens with two attached hydrogens (primary N) is 1. The SMILES string of the molecule is CN(CC(=O)Nc1ccc(F)c(Cl)c1)C1CCCC1CN. The van der Waals surface area contributed by atoms with Crippen LogP contribution in [0.25, 0.3) is 0 Å². The van der Waals surface area contributed by atoms with Crippen molar-refractivity contribution < 1.29 is 9.18 Å². The number of nitrogens with zero attached hydrogens (tertiary/aromatic N) is 1. The molecule has 1 aromatic rings. The number of likely N-dealkylation sites (N-methyl/N-ethyl adjacent to an activating group) is 1. The summed E-state index contributed by atoms with van der Waals surface area (Å²) in [6.45, 7) is 0.945. The molecule has 0 saturated heterocycles. The highest BCUT2D eigenvalue weighted by molar-refractivity contribution is 6.31. The molecule has 1 aliphatic carbocycles. The predicted octanol–water partition coefficient (Wildman–Crippen LogP) is 2.48. The average Bonchev–Trinajstić information content (AvgIpc) is 2.91. The molecular formula is C15H21ClFN3O. The van der Waals surface area contributed by atoms with E-state index >= 15 is 0 Å². The molecule has 1 amide bonds. The summed E-state index contributed by atoms with van der Waals surface area (Å²) < 4.78 is 13.1. The third-order valence-corrected chi connectivity index (χ3v) is 4.37. The third-order valence-electron chi connectivity index (χ3n) is 4.08. The second-order valence-electron chi connectivity index (χ2n) is 5.59. The van der Waals surface area contributed by atoms with E-state index < -0.39 is 5.82 Å². The van der Waals surface area contributed by atoms with Crippen LogP contribution in [0.1, 0.15) is 19.3 Å². The number of anilines is 1. The summed E-state index contributed by atoms with van der Waals surface area (Å²) in [6.07, 6.45) is 3.36. The minimum Gasteiger partial charge on any atom is -0.330 e. The van der Waals surface area contributed by atoms with Crippen LogP contribution in [-0.2, 0) is 4.79 Å². The lowest BCUT2D eigenvalue weighted by Crippen LogP contribution is -2.41. The lowest BCUT2D eigenvalue weighted by atomic mass is 10.0. The molecule has 1 aliphatic rings. The van der Waals surface area contributed by atoms with Gasteiger partial charge in [0.2, 0.25) is 5.91 Å². The Bertz CT molecular complexity index is 512. The highest BCUT2D eigenvalue weighted by Crippen LogP contribution is 2.28. The minimum absolute atomic E-state index is 0.000133. The van der Waals surface area contributed by atoms with E-state index in [2.05, 4.69) is 5.32 Å². The van der Waals surface area contributed by atoms with Gasteiger partial charge >= 0.3 is 0 Å². The Morgan fingerprint density at radius 2 is 2.29 bits per heavy atom. The molecule has 2 atom stereocenters. The van der Waals surface area contributed by atoms with Gasteiger partial charge in [-0.1, -0.05) is 18.0 Å². The van der Waals surface area contributed by atoms with Crippen molar-refractivity contribution in [3.8, 4) is 0 Å². The quantitative estimate of drug-likeness (QED) is 0.878. The molecule has 21 heavy (non-hydrogen) atoms. The van der Waals surface area contributed by atoms with E-state index in [0.29, 0.717) is 24.2 Å². The Labute approximate surface area is 129 Å². The zero-order valence-corrected chi connectivity index (χ0v) is 12.9. The summed E-state index contributed by atoms with van der Waals surface area (Å²) in [5.41, 5.74) is 6.27. The summed E-state index contributed by atoms with van der Waals surface area (Å²) in [6, 6.07) is 4.51. The molecule has 0 radical (unpaired) electrons. The summed E-state index contributed by atoms with van der Waals surface area (Å²) in [5.74, 6) is -0.172. The molecule has 1 fully saturated rings. The minimum atomic E-state index is -0.497. The van der Waals surface area contributed by atoms with Crippen LogP contribution in [-0.4, -0.2) is 37.0 Å². The number of amides is 1. The van der Waals surface area contributed by atoms with Gasteiger partial charge in [-0.3, -0.25) is 9.69 Å². The fourth-order valence-corrected chi connectivity index (χ4v) is 3.17. The standard InChI is InChI=1S/C15H21ClFN3O/c1-20(14-4-2-3-10(14)8-18)9-15(21)19-11-5-6-13(17)12(16)7-11/h5-7,10,14H,2-4,8-9,18H2,1H3,(H,19,21). The highest BCUT2D eigenvalue weighted by Gasteiger charge is 2.29. The first-order valence-electron chi connectivity index (χ1n) is 7.16. The van der Waals surface area contributed by atoms with Crippen LogP contribution in [0.4, 0.5) is 10.1 Å². The summed E-state index contributed by atoms with van der Waals surface area (Å²) in [4.78, 5) is 14.1. The maximum absolute atomic E-state index is 13.1. The highest BCUT2D eigenvalue weighted by atomic mass is 35.5. The first-order chi connectivity index (χ1) is 10.0. The van der Waals surface area contributed by atoms with Gasteiger partial charge < -0.3 is 11.1 Å². The maximum atomic E-state index is 13.1. The lowest BCUT2D eigenvalue weighted by Gasteiger charge is -2.28. The fourth-order valence-electron chi connectivity index (χ4n) is 2.99. The van der Waals surface area contributed by atoms with Crippen molar-refractivity contribution in [1.29, 1.82) is 0 Å². The largest absolute Gasteiger partial charge is 0.330 e. The van der Waals surface area contributed by atoms with Gasteiger partial charge in [-0.25, -0.2) is 4.39 Å². The molecule has 1 aromatic carbocycles. The molecule has 0 spiro atoms. The van der Waals surface area contributed by atoms with E-state index in [0.717, 1.165) is 19.3 Å². The monoisotopic (exact) mass is 313 g/mol. The number of benzene rings is 1. The molecule has 4 nitrogen and oxygen atoms in total. The van der Waals surface area contributed by atoms with Crippen molar-refractivity contribution in [1.82, 2.24) is 4.90 Å². The Kier molecular flexibility index (Phi) is 5.56. The van der Waals surface area contributed by atoms with Crippen molar-refractivity contribution >= 4 is 23.2 Å². The second-order valence-corrected chi connectivity index (χ2v) is 5.99. The van der Waals surface area contributed by atoms with E-state index in [1.807, 2.05) is 11.9 Å². The molecule has 1 saturated carbocycles. The van der Waals surface area contributed by atoms with Gasteiger partial charge in [-0.05, 0) is 50.6 Å². The summed E-state index contributed by atoms with van der Waals surface area (Å²) in [7, 11) is 1.94. The van der Waals surface area contributed by atoms with Gasteiger partial charge in [-0.15, -0.1) is 0 Å². The number of carbonyl (C=O) groups is 1. The van der Waals surface area contributed by atoms with Crippen LogP contribution in [0.5, 0.6) is 0 Å². The van der Waals surface area contributed by atoms with Crippen LogP contribution in [0.15, 0.2) is 18.2 Å². The normalized spacial score (nSPS) is 21.8. The Balaban J connectivity index is 1.90. The van der Waals surface area contributed by atoms with E-state index in [1.54, 1.807) is 0 Å². The van der Waals surface area contributed by atoms with Gasteiger partial charge in [0.1, 0.15) is 5.82 Å². The number of hydrogen-bond donors (Lipinski definition) is 2. The maximum Gasteiger partial charge on any atom is 0.238 e. The van der Waals surface area contributed by atoms with E-state index in [4.69, 9.17) is 17.3 Å². The van der Waals surface area contributed by atoms with Gasteiger partial charge in [0.25, 0.3) is 0 Å². The number of carbonyl (C=O) groups excluding carboxylic acids is 1. The molecular weight excluding hydrogens is 293 g/mol. The van der Waals surface area contributed by atoms with Crippen molar-refractivity contribution in [3.05, 3.63) is 29.0 Å². The number of halogens is 2. The molecule has 3 N–H and O–H groups in total.